The predicted octanol–water partition coefficient (Wildman–Crippen LogP) is 4.08. The zero-order chi connectivity index (χ0) is 13.3. The summed E-state index contributed by atoms with van der Waals surface area (Å²) in [6, 6.07) is 11.3. The number of hydrogen-bond acceptors (Lipinski definition) is 2. The van der Waals surface area contributed by atoms with Gasteiger partial charge in [-0.2, -0.15) is 0 Å². The molecule has 2 rings (SSSR count). The van der Waals surface area contributed by atoms with Gasteiger partial charge in [-0.1, -0.05) is 43.7 Å². The Morgan fingerprint density at radius 2 is 2.11 bits per heavy atom. The Bertz CT molecular complexity index is 332. The van der Waals surface area contributed by atoms with E-state index in [4.69, 9.17) is 4.74 Å². The lowest BCUT2D eigenvalue weighted by Crippen LogP contribution is -2.28. The van der Waals surface area contributed by atoms with E-state index >= 15 is 0 Å². The highest BCUT2D eigenvalue weighted by Crippen LogP contribution is 2.19. The van der Waals surface area contributed by atoms with Gasteiger partial charge in [-0.15, -0.1) is 0 Å². The minimum atomic E-state index is 0.485. The van der Waals surface area contributed by atoms with Gasteiger partial charge in [0, 0.05) is 12.6 Å². The Hall–Kier alpha value is -0.860. The van der Waals surface area contributed by atoms with Gasteiger partial charge in [0.2, 0.25) is 0 Å². The van der Waals surface area contributed by atoms with Crippen molar-refractivity contribution in [1.82, 2.24) is 5.32 Å². The summed E-state index contributed by atoms with van der Waals surface area (Å²) >= 11 is 0. The average molecular weight is 261 g/mol. The van der Waals surface area contributed by atoms with Crippen molar-refractivity contribution in [2.75, 3.05) is 13.2 Å². The van der Waals surface area contributed by atoms with E-state index in [-0.39, 0.29) is 0 Å². The van der Waals surface area contributed by atoms with Gasteiger partial charge < -0.3 is 10.1 Å². The minimum Gasteiger partial charge on any atom is -0.378 e. The third kappa shape index (κ3) is 4.96. The highest BCUT2D eigenvalue weighted by molar-refractivity contribution is 5.18. The molecule has 0 aromatic heterocycles. The molecule has 19 heavy (non-hydrogen) atoms. The van der Waals surface area contributed by atoms with Crippen LogP contribution in [-0.4, -0.2) is 19.3 Å². The van der Waals surface area contributed by atoms with Gasteiger partial charge in [0.05, 0.1) is 6.10 Å². The van der Waals surface area contributed by atoms with Crippen LogP contribution in [-0.2, 0) is 4.74 Å². The highest BCUT2D eigenvalue weighted by atomic mass is 16.5. The second kappa shape index (κ2) is 8.34. The molecule has 0 saturated carbocycles. The normalized spacial score (nSPS) is 21.2. The third-order valence-corrected chi connectivity index (χ3v) is 3.91. The van der Waals surface area contributed by atoms with Gasteiger partial charge in [0.1, 0.15) is 0 Å². The molecule has 1 aliphatic heterocycles. The summed E-state index contributed by atoms with van der Waals surface area (Å²) in [5.74, 6) is 0. The fraction of sp³-hybridized carbons (Fsp3) is 0.647. The number of nitrogens with one attached hydrogen (secondary N) is 1. The first-order chi connectivity index (χ1) is 9.40. The van der Waals surface area contributed by atoms with Crippen molar-refractivity contribution in [3.05, 3.63) is 35.9 Å². The molecule has 1 fully saturated rings. The molecule has 1 heterocycles. The van der Waals surface area contributed by atoms with Crippen LogP contribution in [0.1, 0.15) is 57.1 Å². The second-order valence-corrected chi connectivity index (χ2v) is 5.48. The molecule has 1 aromatic carbocycles. The van der Waals surface area contributed by atoms with Crippen molar-refractivity contribution in [2.45, 2.75) is 57.6 Å². The smallest absolute Gasteiger partial charge is 0.0587 e. The summed E-state index contributed by atoms with van der Waals surface area (Å²) in [4.78, 5) is 0. The van der Waals surface area contributed by atoms with Gasteiger partial charge in [0.15, 0.2) is 0 Å². The van der Waals surface area contributed by atoms with Gasteiger partial charge in [-0.3, -0.25) is 0 Å². The Balaban J connectivity index is 1.77. The molecule has 2 unspecified atom stereocenters. The standard InChI is InChI=1S/C17H27NO/c1-2-8-17(15-9-4-3-5-10-15)18-13-12-16-11-6-7-14-19-16/h3-5,9-10,16-18H,2,6-8,11-14H2,1H3. The molecule has 2 atom stereocenters. The van der Waals surface area contributed by atoms with E-state index in [1.165, 1.54) is 37.7 Å². The van der Waals surface area contributed by atoms with E-state index in [0.29, 0.717) is 12.1 Å². The maximum absolute atomic E-state index is 5.79. The zero-order valence-electron chi connectivity index (χ0n) is 12.1. The summed E-state index contributed by atoms with van der Waals surface area (Å²) in [6.07, 6.45) is 7.87. The number of rotatable bonds is 7. The second-order valence-electron chi connectivity index (χ2n) is 5.48. The molecule has 0 spiro atoms. The topological polar surface area (TPSA) is 21.3 Å². The minimum absolute atomic E-state index is 0.485. The Labute approximate surface area is 117 Å². The summed E-state index contributed by atoms with van der Waals surface area (Å²) in [6.45, 7) is 4.27. The first-order valence-corrected chi connectivity index (χ1v) is 7.80. The largest absolute Gasteiger partial charge is 0.378 e. The molecule has 1 N–H and O–H groups in total. The zero-order valence-corrected chi connectivity index (χ0v) is 12.1. The number of benzene rings is 1. The summed E-state index contributed by atoms with van der Waals surface area (Å²) in [5, 5.41) is 3.70. The fourth-order valence-electron chi connectivity index (χ4n) is 2.81. The molecule has 1 aliphatic rings. The molecule has 0 amide bonds. The molecule has 0 radical (unpaired) electrons. The molecule has 1 saturated heterocycles. The lowest BCUT2D eigenvalue weighted by molar-refractivity contribution is 0.0111. The molecule has 2 heteroatoms. The lowest BCUT2D eigenvalue weighted by atomic mass is 10.0. The van der Waals surface area contributed by atoms with Gasteiger partial charge >= 0.3 is 0 Å². The van der Waals surface area contributed by atoms with Crippen LogP contribution in [0.25, 0.3) is 0 Å². The van der Waals surface area contributed by atoms with Crippen molar-refractivity contribution in [3.63, 3.8) is 0 Å². The maximum Gasteiger partial charge on any atom is 0.0587 e. The van der Waals surface area contributed by atoms with E-state index in [1.54, 1.807) is 0 Å². The van der Waals surface area contributed by atoms with Crippen LogP contribution >= 0.6 is 0 Å². The van der Waals surface area contributed by atoms with Gasteiger partial charge in [-0.05, 0) is 44.2 Å². The maximum atomic E-state index is 5.79. The highest BCUT2D eigenvalue weighted by Gasteiger charge is 2.15. The first-order valence-electron chi connectivity index (χ1n) is 7.80. The Kier molecular flexibility index (Phi) is 6.38. The third-order valence-electron chi connectivity index (χ3n) is 3.91. The van der Waals surface area contributed by atoms with Crippen LogP contribution in [0.4, 0.5) is 0 Å². The van der Waals surface area contributed by atoms with Crippen LogP contribution in [0.2, 0.25) is 0 Å². The molecule has 0 bridgehead atoms. The number of ether oxygens (including phenoxy) is 1. The van der Waals surface area contributed by atoms with Crippen molar-refractivity contribution in [1.29, 1.82) is 0 Å². The van der Waals surface area contributed by atoms with Crippen molar-refractivity contribution < 1.29 is 4.74 Å². The van der Waals surface area contributed by atoms with Crippen molar-refractivity contribution in [3.8, 4) is 0 Å². The van der Waals surface area contributed by atoms with E-state index in [2.05, 4.69) is 42.6 Å². The van der Waals surface area contributed by atoms with Crippen LogP contribution in [0.15, 0.2) is 30.3 Å². The van der Waals surface area contributed by atoms with Crippen molar-refractivity contribution >= 4 is 0 Å². The molecule has 2 nitrogen and oxygen atoms in total. The monoisotopic (exact) mass is 261 g/mol. The lowest BCUT2D eigenvalue weighted by Gasteiger charge is -2.24. The summed E-state index contributed by atoms with van der Waals surface area (Å²) < 4.78 is 5.79. The van der Waals surface area contributed by atoms with Gasteiger partial charge in [0.25, 0.3) is 0 Å². The van der Waals surface area contributed by atoms with Crippen LogP contribution in [0, 0.1) is 0 Å². The number of hydrogen-bond donors (Lipinski definition) is 1. The fourth-order valence-corrected chi connectivity index (χ4v) is 2.81. The van der Waals surface area contributed by atoms with Crippen molar-refractivity contribution in [2.24, 2.45) is 0 Å². The Morgan fingerprint density at radius 1 is 1.26 bits per heavy atom. The molecular weight excluding hydrogens is 234 g/mol. The van der Waals surface area contributed by atoms with E-state index < -0.39 is 0 Å². The van der Waals surface area contributed by atoms with E-state index in [0.717, 1.165) is 19.6 Å². The molecule has 106 valence electrons. The average Bonchev–Trinajstić information content (AvgIpc) is 2.48. The molecule has 1 aromatic rings. The first kappa shape index (κ1) is 14.5. The molecule has 0 aliphatic carbocycles. The Morgan fingerprint density at radius 3 is 2.79 bits per heavy atom. The van der Waals surface area contributed by atoms with Crippen LogP contribution in [0.5, 0.6) is 0 Å². The molecular formula is C17H27NO. The van der Waals surface area contributed by atoms with E-state index in [9.17, 15) is 0 Å². The van der Waals surface area contributed by atoms with Gasteiger partial charge in [-0.25, -0.2) is 0 Å². The van der Waals surface area contributed by atoms with Crippen LogP contribution < -0.4 is 5.32 Å². The summed E-state index contributed by atoms with van der Waals surface area (Å²) in [7, 11) is 0. The van der Waals surface area contributed by atoms with E-state index in [1.807, 2.05) is 0 Å². The predicted molar refractivity (Wildman–Crippen MR) is 80.3 cm³/mol. The SMILES string of the molecule is CCCC(NCCC1CCCCO1)c1ccccc1. The van der Waals surface area contributed by atoms with Crippen LogP contribution in [0.3, 0.4) is 0 Å². The summed E-state index contributed by atoms with van der Waals surface area (Å²) in [5.41, 5.74) is 1.41. The quantitative estimate of drug-likeness (QED) is 0.798.